The van der Waals surface area contributed by atoms with Crippen LogP contribution in [0.1, 0.15) is 56.8 Å². The average Bonchev–Trinajstić information content (AvgIpc) is 3.47. The van der Waals surface area contributed by atoms with Gasteiger partial charge in [-0.05, 0) is 63.4 Å². The molecule has 1 aliphatic rings. The first-order valence-electron chi connectivity index (χ1n) is 13.7. The van der Waals surface area contributed by atoms with Gasteiger partial charge in [0.25, 0.3) is 10.0 Å². The van der Waals surface area contributed by atoms with Gasteiger partial charge in [0.15, 0.2) is 5.65 Å². The molecule has 3 N–H and O–H groups in total. The first kappa shape index (κ1) is 26.3. The van der Waals surface area contributed by atoms with E-state index in [1.54, 1.807) is 36.7 Å². The fraction of sp³-hybridized carbons (Fsp3) is 0.345. The molecule has 5 aromatic rings. The highest BCUT2D eigenvalue weighted by Crippen LogP contribution is 2.37. The van der Waals surface area contributed by atoms with Gasteiger partial charge in [0.05, 0.1) is 28.1 Å². The average molecular weight is 560 g/mol. The van der Waals surface area contributed by atoms with Crippen molar-refractivity contribution in [2.24, 2.45) is 0 Å². The SMILES string of the molecule is CCCCOC(C)c1cn(S(=O)(=O)c2ccc(C)cc2)c2nc(Nc3ccc4cn[nH]c4c3)nc(NC3CC3)c12. The summed E-state index contributed by atoms with van der Waals surface area (Å²) in [5.41, 5.74) is 3.63. The largest absolute Gasteiger partial charge is 0.374 e. The normalized spacial score (nSPS) is 14.6. The van der Waals surface area contributed by atoms with E-state index in [2.05, 4.69) is 27.8 Å². The van der Waals surface area contributed by atoms with E-state index in [-0.39, 0.29) is 17.0 Å². The number of fused-ring (bicyclic) bond motifs is 2. The smallest absolute Gasteiger partial charge is 0.269 e. The van der Waals surface area contributed by atoms with Gasteiger partial charge >= 0.3 is 0 Å². The fourth-order valence-corrected chi connectivity index (χ4v) is 5.98. The summed E-state index contributed by atoms with van der Waals surface area (Å²) in [5, 5.41) is 15.5. The molecule has 11 heteroatoms. The lowest BCUT2D eigenvalue weighted by atomic mass is 10.1. The molecule has 0 spiro atoms. The molecule has 0 amide bonds. The summed E-state index contributed by atoms with van der Waals surface area (Å²) >= 11 is 0. The first-order chi connectivity index (χ1) is 19.3. The Hall–Kier alpha value is -3.96. The zero-order valence-corrected chi connectivity index (χ0v) is 23.6. The van der Waals surface area contributed by atoms with E-state index >= 15 is 0 Å². The van der Waals surface area contributed by atoms with Gasteiger partial charge in [-0.2, -0.15) is 15.1 Å². The number of ether oxygens (including phenoxy) is 1. The van der Waals surface area contributed by atoms with Crippen LogP contribution in [-0.2, 0) is 14.8 Å². The minimum atomic E-state index is -3.96. The van der Waals surface area contributed by atoms with Crippen molar-refractivity contribution in [1.29, 1.82) is 0 Å². The number of nitrogens with zero attached hydrogens (tertiary/aromatic N) is 4. The number of hydrogen-bond acceptors (Lipinski definition) is 8. The molecule has 1 fully saturated rings. The molecule has 3 aromatic heterocycles. The van der Waals surface area contributed by atoms with Crippen LogP contribution < -0.4 is 10.6 Å². The number of aryl methyl sites for hydroxylation is 1. The monoisotopic (exact) mass is 559 g/mol. The van der Waals surface area contributed by atoms with Crippen LogP contribution in [0, 0.1) is 6.92 Å². The van der Waals surface area contributed by atoms with Gasteiger partial charge in [0.1, 0.15) is 5.82 Å². The van der Waals surface area contributed by atoms with Gasteiger partial charge < -0.3 is 15.4 Å². The number of aromatic amines is 1. The van der Waals surface area contributed by atoms with E-state index in [0.29, 0.717) is 29.4 Å². The maximum absolute atomic E-state index is 14.0. The lowest BCUT2D eigenvalue weighted by Crippen LogP contribution is -2.14. The van der Waals surface area contributed by atoms with Crippen molar-refractivity contribution in [2.75, 3.05) is 17.2 Å². The van der Waals surface area contributed by atoms with E-state index in [4.69, 9.17) is 14.7 Å². The van der Waals surface area contributed by atoms with E-state index in [9.17, 15) is 8.42 Å². The second kappa shape index (κ2) is 10.5. The molecule has 0 radical (unpaired) electrons. The Morgan fingerprint density at radius 2 is 1.95 bits per heavy atom. The van der Waals surface area contributed by atoms with Crippen molar-refractivity contribution in [2.45, 2.75) is 63.5 Å². The molecular formula is C29H33N7O3S. The van der Waals surface area contributed by atoms with E-state index in [1.807, 2.05) is 32.0 Å². The Kier molecular flexibility index (Phi) is 6.93. The fourth-order valence-electron chi connectivity index (χ4n) is 4.66. The van der Waals surface area contributed by atoms with Crippen LogP contribution in [0.5, 0.6) is 0 Å². The second-order valence-electron chi connectivity index (χ2n) is 10.4. The molecule has 1 unspecified atom stereocenters. The molecule has 1 saturated carbocycles. The molecule has 2 aromatic carbocycles. The zero-order chi connectivity index (χ0) is 27.9. The third-order valence-corrected chi connectivity index (χ3v) is 8.81. The van der Waals surface area contributed by atoms with Crippen molar-refractivity contribution >= 4 is 49.4 Å². The summed E-state index contributed by atoms with van der Waals surface area (Å²) in [6.45, 7) is 6.56. The van der Waals surface area contributed by atoms with Crippen molar-refractivity contribution in [3.8, 4) is 0 Å². The number of benzene rings is 2. The molecular weight excluding hydrogens is 526 g/mol. The summed E-state index contributed by atoms with van der Waals surface area (Å²) < 4.78 is 35.4. The quantitative estimate of drug-likeness (QED) is 0.167. The van der Waals surface area contributed by atoms with Gasteiger partial charge in [-0.1, -0.05) is 31.0 Å². The lowest BCUT2D eigenvalue weighted by molar-refractivity contribution is 0.0646. The summed E-state index contributed by atoms with van der Waals surface area (Å²) in [4.78, 5) is 9.81. The third kappa shape index (κ3) is 5.14. The number of aromatic nitrogens is 5. The number of hydrogen-bond donors (Lipinski definition) is 3. The molecule has 6 rings (SSSR count). The van der Waals surface area contributed by atoms with Gasteiger partial charge in [-0.15, -0.1) is 0 Å². The van der Waals surface area contributed by atoms with Crippen LogP contribution in [0.25, 0.3) is 21.9 Å². The Labute approximate surface area is 233 Å². The second-order valence-corrected chi connectivity index (χ2v) is 12.2. The molecule has 3 heterocycles. The van der Waals surface area contributed by atoms with E-state index in [1.165, 1.54) is 3.97 Å². The predicted octanol–water partition coefficient (Wildman–Crippen LogP) is 6.05. The Morgan fingerprint density at radius 3 is 2.70 bits per heavy atom. The third-order valence-electron chi connectivity index (χ3n) is 7.14. The lowest BCUT2D eigenvalue weighted by Gasteiger charge is -2.15. The van der Waals surface area contributed by atoms with Crippen LogP contribution in [0.15, 0.2) is 59.8 Å². The maximum Gasteiger partial charge on any atom is 0.269 e. The van der Waals surface area contributed by atoms with Crippen LogP contribution in [0.2, 0.25) is 0 Å². The minimum Gasteiger partial charge on any atom is -0.374 e. The van der Waals surface area contributed by atoms with Crippen molar-refractivity contribution < 1.29 is 13.2 Å². The van der Waals surface area contributed by atoms with Gasteiger partial charge in [0.2, 0.25) is 5.95 Å². The molecule has 40 heavy (non-hydrogen) atoms. The van der Waals surface area contributed by atoms with E-state index in [0.717, 1.165) is 53.4 Å². The summed E-state index contributed by atoms with van der Waals surface area (Å²) in [7, 11) is -3.96. The highest BCUT2D eigenvalue weighted by Gasteiger charge is 2.30. The highest BCUT2D eigenvalue weighted by atomic mass is 32.2. The molecule has 0 aliphatic heterocycles. The van der Waals surface area contributed by atoms with Crippen molar-refractivity contribution in [1.82, 2.24) is 24.1 Å². The van der Waals surface area contributed by atoms with Crippen LogP contribution in [0.4, 0.5) is 17.5 Å². The minimum absolute atomic E-state index is 0.190. The summed E-state index contributed by atoms with van der Waals surface area (Å²) in [6, 6.07) is 12.9. The number of nitrogens with one attached hydrogen (secondary N) is 3. The van der Waals surface area contributed by atoms with Gasteiger partial charge in [-0.25, -0.2) is 12.4 Å². The molecule has 1 atom stereocenters. The standard InChI is InChI=1S/C29H33N7O3S/c1-4-5-14-39-19(3)24-17-36(40(37,38)23-12-6-18(2)7-13-23)28-26(24)27(31-21-10-11-21)33-29(34-28)32-22-9-8-20-16-30-35-25(20)15-22/h6-9,12-13,15-17,19,21H,4-5,10-11,14H2,1-3H3,(H,30,35)(H2,31,32,33,34). The number of unbranched alkanes of at least 4 members (excludes halogenated alkanes) is 1. The number of anilines is 3. The van der Waals surface area contributed by atoms with Crippen molar-refractivity contribution in [3.63, 3.8) is 0 Å². The maximum atomic E-state index is 14.0. The molecule has 10 nitrogen and oxygen atoms in total. The Bertz CT molecular complexity index is 1770. The number of H-pyrrole nitrogens is 1. The van der Waals surface area contributed by atoms with Gasteiger partial charge in [-0.3, -0.25) is 5.10 Å². The summed E-state index contributed by atoms with van der Waals surface area (Å²) in [6.07, 6.45) is 7.04. The molecule has 0 saturated heterocycles. The molecule has 1 aliphatic carbocycles. The van der Waals surface area contributed by atoms with Gasteiger partial charge in [0, 0.05) is 35.5 Å². The highest BCUT2D eigenvalue weighted by molar-refractivity contribution is 7.90. The summed E-state index contributed by atoms with van der Waals surface area (Å²) in [5.74, 6) is 0.885. The topological polar surface area (TPSA) is 127 Å². The molecule has 208 valence electrons. The molecule has 0 bridgehead atoms. The van der Waals surface area contributed by atoms with Crippen LogP contribution in [-0.4, -0.2) is 45.2 Å². The van der Waals surface area contributed by atoms with Crippen LogP contribution in [0.3, 0.4) is 0 Å². The number of rotatable bonds is 11. The zero-order valence-electron chi connectivity index (χ0n) is 22.8. The van der Waals surface area contributed by atoms with Crippen LogP contribution >= 0.6 is 0 Å². The van der Waals surface area contributed by atoms with Crippen molar-refractivity contribution in [3.05, 3.63) is 66.0 Å². The predicted molar refractivity (Wildman–Crippen MR) is 157 cm³/mol. The van der Waals surface area contributed by atoms with E-state index < -0.39 is 10.0 Å². The Balaban J connectivity index is 1.51. The first-order valence-corrected chi connectivity index (χ1v) is 15.1. The Morgan fingerprint density at radius 1 is 1.15 bits per heavy atom.